The van der Waals surface area contributed by atoms with E-state index >= 15 is 0 Å². The number of carbonyl (C=O) groups is 1. The van der Waals surface area contributed by atoms with Gasteiger partial charge in [-0.15, -0.1) is 0 Å². The Bertz CT molecular complexity index is 1160. The SMILES string of the molecule is Cc1cccc2c1c1ccc(CC(=O)NCc3cccc(F)c3)cc1n2C. The summed E-state index contributed by atoms with van der Waals surface area (Å²) in [5.41, 5.74) is 5.27. The van der Waals surface area contributed by atoms with E-state index in [2.05, 4.69) is 54.2 Å². The Labute approximate surface area is 157 Å². The Morgan fingerprint density at radius 3 is 2.63 bits per heavy atom. The highest BCUT2D eigenvalue weighted by Crippen LogP contribution is 2.31. The zero-order valence-corrected chi connectivity index (χ0v) is 15.4. The number of hydrogen-bond donors (Lipinski definition) is 1. The second-order valence-corrected chi connectivity index (χ2v) is 6.96. The standard InChI is InChI=1S/C23H21FN2O/c1-15-5-3-8-20-23(15)19-10-9-16(12-21(19)26(20)2)13-22(27)25-14-17-6-4-7-18(24)11-17/h3-12H,13-14H2,1-2H3,(H,25,27). The number of amides is 1. The first-order valence-corrected chi connectivity index (χ1v) is 9.01. The highest BCUT2D eigenvalue weighted by molar-refractivity contribution is 6.09. The molecule has 0 fully saturated rings. The molecule has 0 spiro atoms. The first kappa shape index (κ1) is 17.3. The molecule has 136 valence electrons. The summed E-state index contributed by atoms with van der Waals surface area (Å²) in [7, 11) is 2.05. The van der Waals surface area contributed by atoms with Crippen LogP contribution in [0.5, 0.6) is 0 Å². The molecular formula is C23H21FN2O. The lowest BCUT2D eigenvalue weighted by Gasteiger charge is -2.07. The lowest BCUT2D eigenvalue weighted by Crippen LogP contribution is -2.24. The molecule has 0 unspecified atom stereocenters. The van der Waals surface area contributed by atoms with Crippen molar-refractivity contribution in [1.82, 2.24) is 9.88 Å². The number of nitrogens with zero attached hydrogens (tertiary/aromatic N) is 1. The lowest BCUT2D eigenvalue weighted by molar-refractivity contribution is -0.120. The van der Waals surface area contributed by atoms with E-state index in [1.807, 2.05) is 6.07 Å². The summed E-state index contributed by atoms with van der Waals surface area (Å²) in [6.07, 6.45) is 0.297. The van der Waals surface area contributed by atoms with Crippen molar-refractivity contribution in [2.45, 2.75) is 19.9 Å². The van der Waals surface area contributed by atoms with E-state index in [1.54, 1.807) is 12.1 Å². The van der Waals surface area contributed by atoms with Crippen LogP contribution in [0.15, 0.2) is 60.7 Å². The van der Waals surface area contributed by atoms with Crippen LogP contribution in [0.25, 0.3) is 21.8 Å². The maximum atomic E-state index is 13.2. The Morgan fingerprint density at radius 2 is 1.81 bits per heavy atom. The second kappa shape index (κ2) is 6.88. The summed E-state index contributed by atoms with van der Waals surface area (Å²) in [5, 5.41) is 5.33. The predicted octanol–water partition coefficient (Wildman–Crippen LogP) is 4.64. The molecule has 1 amide bonds. The van der Waals surface area contributed by atoms with E-state index in [1.165, 1.54) is 34.0 Å². The highest BCUT2D eigenvalue weighted by atomic mass is 19.1. The van der Waals surface area contributed by atoms with Crippen LogP contribution in [0, 0.1) is 12.7 Å². The van der Waals surface area contributed by atoms with Crippen LogP contribution in [-0.2, 0) is 24.8 Å². The molecule has 0 aliphatic rings. The number of rotatable bonds is 4. The minimum absolute atomic E-state index is 0.0754. The summed E-state index contributed by atoms with van der Waals surface area (Å²) in [4.78, 5) is 12.3. The smallest absolute Gasteiger partial charge is 0.224 e. The molecule has 0 aliphatic carbocycles. The average molecular weight is 360 g/mol. The van der Waals surface area contributed by atoms with Crippen LogP contribution in [0.4, 0.5) is 4.39 Å². The maximum Gasteiger partial charge on any atom is 0.224 e. The van der Waals surface area contributed by atoms with Crippen molar-refractivity contribution < 1.29 is 9.18 Å². The summed E-state index contributed by atoms with van der Waals surface area (Å²) in [5.74, 6) is -0.369. The molecule has 1 aromatic heterocycles. The van der Waals surface area contributed by atoms with Crippen molar-refractivity contribution in [2.75, 3.05) is 0 Å². The average Bonchev–Trinajstić information content (AvgIpc) is 2.94. The van der Waals surface area contributed by atoms with E-state index in [0.717, 1.165) is 16.6 Å². The van der Waals surface area contributed by atoms with Crippen molar-refractivity contribution in [3.05, 3.63) is 83.2 Å². The number of nitrogens with one attached hydrogen (secondary N) is 1. The highest BCUT2D eigenvalue weighted by Gasteiger charge is 2.12. The molecule has 1 heterocycles. The van der Waals surface area contributed by atoms with E-state index < -0.39 is 0 Å². The van der Waals surface area contributed by atoms with Crippen molar-refractivity contribution in [3.8, 4) is 0 Å². The van der Waals surface area contributed by atoms with Crippen LogP contribution in [0.2, 0.25) is 0 Å². The largest absolute Gasteiger partial charge is 0.352 e. The third-order valence-electron chi connectivity index (χ3n) is 5.05. The fourth-order valence-corrected chi connectivity index (χ4v) is 3.68. The quantitative estimate of drug-likeness (QED) is 0.565. The number of aryl methyl sites for hydroxylation is 2. The normalized spacial score (nSPS) is 11.2. The van der Waals surface area contributed by atoms with Crippen molar-refractivity contribution in [2.24, 2.45) is 7.05 Å². The van der Waals surface area contributed by atoms with Gasteiger partial charge in [-0.1, -0.05) is 36.4 Å². The van der Waals surface area contributed by atoms with Crippen LogP contribution < -0.4 is 5.32 Å². The van der Waals surface area contributed by atoms with Gasteiger partial charge in [0.15, 0.2) is 0 Å². The van der Waals surface area contributed by atoms with E-state index in [4.69, 9.17) is 0 Å². The fraction of sp³-hybridized carbons (Fsp3) is 0.174. The number of hydrogen-bond acceptors (Lipinski definition) is 1. The molecule has 0 bridgehead atoms. The second-order valence-electron chi connectivity index (χ2n) is 6.96. The van der Waals surface area contributed by atoms with Gasteiger partial charge >= 0.3 is 0 Å². The number of carbonyl (C=O) groups excluding carboxylic acids is 1. The van der Waals surface area contributed by atoms with E-state index in [9.17, 15) is 9.18 Å². The summed E-state index contributed by atoms with van der Waals surface area (Å²) < 4.78 is 15.4. The Kier molecular flexibility index (Phi) is 4.40. The van der Waals surface area contributed by atoms with E-state index in [0.29, 0.717) is 13.0 Å². The lowest BCUT2D eigenvalue weighted by atomic mass is 10.0. The maximum absolute atomic E-state index is 13.2. The molecule has 0 aliphatic heterocycles. The van der Waals surface area contributed by atoms with Crippen LogP contribution >= 0.6 is 0 Å². The Hall–Kier alpha value is -3.14. The molecule has 3 aromatic carbocycles. The van der Waals surface area contributed by atoms with Gasteiger partial charge in [0.1, 0.15) is 5.82 Å². The van der Waals surface area contributed by atoms with Crippen LogP contribution in [-0.4, -0.2) is 10.5 Å². The molecule has 0 atom stereocenters. The number of benzene rings is 3. The van der Waals surface area contributed by atoms with Gasteiger partial charge in [0.25, 0.3) is 0 Å². The van der Waals surface area contributed by atoms with Crippen molar-refractivity contribution in [3.63, 3.8) is 0 Å². The Balaban J connectivity index is 1.55. The molecule has 1 N–H and O–H groups in total. The summed E-state index contributed by atoms with van der Waals surface area (Å²) in [6, 6.07) is 18.8. The molecule has 27 heavy (non-hydrogen) atoms. The third kappa shape index (κ3) is 3.31. The van der Waals surface area contributed by atoms with E-state index in [-0.39, 0.29) is 11.7 Å². The zero-order valence-electron chi connectivity index (χ0n) is 15.4. The topological polar surface area (TPSA) is 34.0 Å². The molecular weight excluding hydrogens is 339 g/mol. The number of aromatic nitrogens is 1. The monoisotopic (exact) mass is 360 g/mol. The van der Waals surface area contributed by atoms with Gasteiger partial charge in [-0.3, -0.25) is 4.79 Å². The molecule has 0 saturated carbocycles. The molecule has 0 saturated heterocycles. The van der Waals surface area contributed by atoms with Gasteiger partial charge in [-0.2, -0.15) is 0 Å². The molecule has 4 heteroatoms. The summed E-state index contributed by atoms with van der Waals surface area (Å²) in [6.45, 7) is 2.45. The third-order valence-corrected chi connectivity index (χ3v) is 5.05. The van der Waals surface area contributed by atoms with Gasteiger partial charge in [0.05, 0.1) is 6.42 Å². The van der Waals surface area contributed by atoms with Crippen molar-refractivity contribution >= 4 is 27.7 Å². The van der Waals surface area contributed by atoms with Gasteiger partial charge in [-0.05, 0) is 47.9 Å². The summed E-state index contributed by atoms with van der Waals surface area (Å²) >= 11 is 0. The van der Waals surface area contributed by atoms with Crippen LogP contribution in [0.1, 0.15) is 16.7 Å². The fourth-order valence-electron chi connectivity index (χ4n) is 3.68. The van der Waals surface area contributed by atoms with Gasteiger partial charge in [-0.25, -0.2) is 4.39 Å². The van der Waals surface area contributed by atoms with Crippen molar-refractivity contribution in [1.29, 1.82) is 0 Å². The zero-order chi connectivity index (χ0) is 19.0. The molecule has 0 radical (unpaired) electrons. The minimum atomic E-state index is -0.293. The molecule has 4 rings (SSSR count). The predicted molar refractivity (Wildman–Crippen MR) is 107 cm³/mol. The van der Waals surface area contributed by atoms with Crippen LogP contribution in [0.3, 0.4) is 0 Å². The number of halogens is 1. The van der Waals surface area contributed by atoms with Gasteiger partial charge < -0.3 is 9.88 Å². The molecule has 3 nitrogen and oxygen atoms in total. The Morgan fingerprint density at radius 1 is 1.00 bits per heavy atom. The molecule has 4 aromatic rings. The van der Waals surface area contributed by atoms with Gasteiger partial charge in [0, 0.05) is 35.4 Å². The minimum Gasteiger partial charge on any atom is -0.352 e. The number of fused-ring (bicyclic) bond motifs is 3. The van der Waals surface area contributed by atoms with Gasteiger partial charge in [0.2, 0.25) is 5.91 Å². The first-order valence-electron chi connectivity index (χ1n) is 9.01. The first-order chi connectivity index (χ1) is 13.0.